The number of nitrogens with two attached hydrogens (primary N) is 1. The maximum absolute atomic E-state index is 10.6. The second-order valence-electron chi connectivity index (χ2n) is 7.95. The molecule has 0 aliphatic carbocycles. The lowest BCUT2D eigenvalue weighted by Gasteiger charge is -2.24. The van der Waals surface area contributed by atoms with E-state index in [0.29, 0.717) is 30.8 Å². The van der Waals surface area contributed by atoms with Crippen LogP contribution in [-0.2, 0) is 11.3 Å². The fourth-order valence-corrected chi connectivity index (χ4v) is 4.24. The largest absolute Gasteiger partial charge is 0.465 e. The van der Waals surface area contributed by atoms with E-state index in [9.17, 15) is 4.79 Å². The Kier molecular flexibility index (Phi) is 5.36. The van der Waals surface area contributed by atoms with Crippen molar-refractivity contribution < 1.29 is 14.6 Å². The number of pyridine rings is 1. The molecule has 4 aromatic rings. The number of fused-ring (bicyclic) bond motifs is 3. The predicted molar refractivity (Wildman–Crippen MR) is 120 cm³/mol. The Hall–Kier alpha value is -3.66. The van der Waals surface area contributed by atoms with E-state index < -0.39 is 6.09 Å². The monoisotopic (exact) mass is 435 g/mol. The second kappa shape index (κ2) is 8.46. The van der Waals surface area contributed by atoms with Gasteiger partial charge in [0, 0.05) is 48.4 Å². The second-order valence-corrected chi connectivity index (χ2v) is 7.95. The van der Waals surface area contributed by atoms with E-state index in [2.05, 4.69) is 26.6 Å². The van der Waals surface area contributed by atoms with E-state index in [1.807, 2.05) is 29.1 Å². The van der Waals surface area contributed by atoms with Gasteiger partial charge in [0.15, 0.2) is 12.0 Å². The summed E-state index contributed by atoms with van der Waals surface area (Å²) in [5.41, 5.74) is 9.66. The number of amides is 1. The van der Waals surface area contributed by atoms with Gasteiger partial charge < -0.3 is 20.9 Å². The number of aryl methyl sites for hydroxylation is 1. The van der Waals surface area contributed by atoms with Gasteiger partial charge in [0.05, 0.1) is 11.2 Å². The van der Waals surface area contributed by atoms with E-state index in [4.69, 9.17) is 15.6 Å². The Balaban J connectivity index is 1.47. The number of carboxylic acid groups (broad SMARTS) is 1. The summed E-state index contributed by atoms with van der Waals surface area (Å²) in [5.74, 6) is 0.371. The summed E-state index contributed by atoms with van der Waals surface area (Å²) in [4.78, 5) is 15.2. The number of anilines is 1. The van der Waals surface area contributed by atoms with Crippen LogP contribution in [0.1, 0.15) is 31.9 Å². The molecule has 0 radical (unpaired) electrons. The number of hydrogen-bond acceptors (Lipinski definition) is 6. The number of rotatable bonds is 6. The predicted octanol–water partition coefficient (Wildman–Crippen LogP) is 3.39. The molecule has 3 aromatic heterocycles. The summed E-state index contributed by atoms with van der Waals surface area (Å²) < 4.78 is 9.66. The van der Waals surface area contributed by atoms with Crippen molar-refractivity contribution in [1.82, 2.24) is 29.9 Å². The highest BCUT2D eigenvalue weighted by Crippen LogP contribution is 2.32. The number of nitrogens with one attached hydrogen (secondary N) is 1. The molecule has 1 saturated heterocycles. The van der Waals surface area contributed by atoms with Crippen molar-refractivity contribution in [3.63, 3.8) is 0 Å². The van der Waals surface area contributed by atoms with Gasteiger partial charge in [-0.3, -0.25) is 4.68 Å². The van der Waals surface area contributed by atoms with Gasteiger partial charge in [0.1, 0.15) is 5.52 Å². The molecule has 10 nitrogen and oxygen atoms in total. The maximum Gasteiger partial charge on any atom is 0.404 e. The van der Waals surface area contributed by atoms with E-state index in [-0.39, 0.29) is 6.23 Å². The highest BCUT2D eigenvalue weighted by Gasteiger charge is 2.20. The van der Waals surface area contributed by atoms with Crippen LogP contribution in [0.25, 0.3) is 33.1 Å². The van der Waals surface area contributed by atoms with Crippen molar-refractivity contribution in [2.75, 3.05) is 18.9 Å². The van der Waals surface area contributed by atoms with Gasteiger partial charge in [-0.05, 0) is 37.8 Å². The third-order valence-electron chi connectivity index (χ3n) is 5.77. The minimum absolute atomic E-state index is 0.0428. The molecule has 0 saturated carbocycles. The van der Waals surface area contributed by atoms with Gasteiger partial charge in [0.2, 0.25) is 0 Å². The Labute approximate surface area is 184 Å². The van der Waals surface area contributed by atoms with E-state index in [1.54, 1.807) is 10.9 Å². The fourth-order valence-electron chi connectivity index (χ4n) is 4.24. The molecule has 0 bridgehead atoms. The number of aromatic nitrogens is 5. The van der Waals surface area contributed by atoms with Crippen LogP contribution in [0, 0.1) is 0 Å². The molecule has 1 amide bonds. The summed E-state index contributed by atoms with van der Waals surface area (Å²) in [6, 6.07) is 8.11. The highest BCUT2D eigenvalue weighted by atomic mass is 16.5. The van der Waals surface area contributed by atoms with Crippen molar-refractivity contribution >= 4 is 33.7 Å². The van der Waals surface area contributed by atoms with Crippen LogP contribution in [0.5, 0.6) is 0 Å². The Morgan fingerprint density at radius 1 is 1.28 bits per heavy atom. The summed E-state index contributed by atoms with van der Waals surface area (Å²) in [6.07, 6.45) is 6.47. The summed E-state index contributed by atoms with van der Waals surface area (Å²) >= 11 is 0. The van der Waals surface area contributed by atoms with E-state index in [0.717, 1.165) is 53.4 Å². The number of nitrogens with zero attached hydrogens (tertiary/aromatic N) is 5. The van der Waals surface area contributed by atoms with Gasteiger partial charge >= 0.3 is 6.09 Å². The van der Waals surface area contributed by atoms with Crippen LogP contribution >= 0.6 is 0 Å². The van der Waals surface area contributed by atoms with Crippen LogP contribution in [0.15, 0.2) is 36.7 Å². The molecule has 0 spiro atoms. The van der Waals surface area contributed by atoms with Crippen molar-refractivity contribution in [3.8, 4) is 11.3 Å². The van der Waals surface area contributed by atoms with Crippen LogP contribution in [0.4, 0.5) is 10.6 Å². The molecule has 1 atom stereocenters. The topological polar surface area (TPSA) is 133 Å². The molecular weight excluding hydrogens is 410 g/mol. The first-order valence-corrected chi connectivity index (χ1v) is 10.8. The lowest BCUT2D eigenvalue weighted by Crippen LogP contribution is -2.22. The van der Waals surface area contributed by atoms with Gasteiger partial charge in [-0.1, -0.05) is 12.1 Å². The first kappa shape index (κ1) is 20.3. The molecule has 5 rings (SSSR count). The standard InChI is InChI=1S/C22H25N7O3/c23-21-20-16(13-28(27-20)10-3-8-24-22(30)31)15-6-5-14(12-17(15)26-21)18-7-9-25-29(18)19-4-1-2-11-32-19/h5-7,9,12-13,19,24H,1-4,8,10-11H2,(H2,23,26)(H,30,31). The SMILES string of the molecule is Nc1nc2cc(-c3ccnn3C3CCCCO3)ccc2c2cn(CCCNC(=O)O)nc12. The molecule has 32 heavy (non-hydrogen) atoms. The maximum atomic E-state index is 10.6. The molecular formula is C22H25N7O3. The Bertz CT molecular complexity index is 1270. The lowest BCUT2D eigenvalue weighted by molar-refractivity contribution is -0.0383. The van der Waals surface area contributed by atoms with E-state index >= 15 is 0 Å². The summed E-state index contributed by atoms with van der Waals surface area (Å²) in [5, 5.41) is 22.0. The highest BCUT2D eigenvalue weighted by molar-refractivity contribution is 6.08. The van der Waals surface area contributed by atoms with Crippen molar-refractivity contribution in [2.24, 2.45) is 0 Å². The number of carbonyl (C=O) groups is 1. The Morgan fingerprint density at radius 3 is 3.00 bits per heavy atom. The quantitative estimate of drug-likeness (QED) is 0.395. The fraction of sp³-hybridized carbons (Fsp3) is 0.364. The molecule has 4 N–H and O–H groups in total. The minimum atomic E-state index is -1.03. The molecule has 166 valence electrons. The number of nitrogen functional groups attached to an aromatic ring is 1. The van der Waals surface area contributed by atoms with Gasteiger partial charge in [0.25, 0.3) is 0 Å². The molecule has 1 unspecified atom stereocenters. The smallest absolute Gasteiger partial charge is 0.404 e. The minimum Gasteiger partial charge on any atom is -0.465 e. The average Bonchev–Trinajstić information content (AvgIpc) is 3.45. The van der Waals surface area contributed by atoms with Gasteiger partial charge in [-0.2, -0.15) is 10.2 Å². The molecule has 1 fully saturated rings. The van der Waals surface area contributed by atoms with Crippen LogP contribution < -0.4 is 11.1 Å². The molecule has 10 heteroatoms. The molecule has 1 aliphatic heterocycles. The van der Waals surface area contributed by atoms with Crippen molar-refractivity contribution in [3.05, 3.63) is 36.7 Å². The third kappa shape index (κ3) is 3.84. The number of benzene rings is 1. The van der Waals surface area contributed by atoms with Crippen LogP contribution in [0.3, 0.4) is 0 Å². The lowest BCUT2D eigenvalue weighted by atomic mass is 10.1. The zero-order valence-corrected chi connectivity index (χ0v) is 17.6. The van der Waals surface area contributed by atoms with Crippen molar-refractivity contribution in [1.29, 1.82) is 0 Å². The Morgan fingerprint density at radius 2 is 2.19 bits per heavy atom. The normalized spacial score (nSPS) is 16.6. The third-order valence-corrected chi connectivity index (χ3v) is 5.77. The van der Waals surface area contributed by atoms with Gasteiger partial charge in [-0.25, -0.2) is 14.5 Å². The number of ether oxygens (including phenoxy) is 1. The van der Waals surface area contributed by atoms with Crippen LogP contribution in [0.2, 0.25) is 0 Å². The van der Waals surface area contributed by atoms with E-state index in [1.165, 1.54) is 0 Å². The van der Waals surface area contributed by atoms with Gasteiger partial charge in [-0.15, -0.1) is 0 Å². The van der Waals surface area contributed by atoms with Crippen LogP contribution in [-0.4, -0.2) is 48.9 Å². The average molecular weight is 435 g/mol. The zero-order chi connectivity index (χ0) is 22.1. The van der Waals surface area contributed by atoms with Crippen molar-refractivity contribution in [2.45, 2.75) is 38.5 Å². The molecule has 1 aliphatic rings. The summed E-state index contributed by atoms with van der Waals surface area (Å²) in [7, 11) is 0. The number of hydrogen-bond donors (Lipinski definition) is 3. The first-order valence-electron chi connectivity index (χ1n) is 10.8. The zero-order valence-electron chi connectivity index (χ0n) is 17.6. The summed E-state index contributed by atoms with van der Waals surface area (Å²) in [6.45, 7) is 1.70. The first-order chi connectivity index (χ1) is 15.6. The molecule has 4 heterocycles. The molecule has 1 aromatic carbocycles.